The molecule has 1 saturated carbocycles. The van der Waals surface area contributed by atoms with Gasteiger partial charge < -0.3 is 9.80 Å². The lowest BCUT2D eigenvalue weighted by Gasteiger charge is -2.46. The lowest BCUT2D eigenvalue weighted by molar-refractivity contribution is 0.166. The van der Waals surface area contributed by atoms with E-state index in [-0.39, 0.29) is 10.8 Å². The molecule has 10 rings (SSSR count). The van der Waals surface area contributed by atoms with Crippen LogP contribution in [0.15, 0.2) is 155 Å². The molecular formula is C52H62N2. The second kappa shape index (κ2) is 13.8. The first-order valence-electron chi connectivity index (χ1n) is 21.9. The van der Waals surface area contributed by atoms with Crippen LogP contribution in [0.4, 0.5) is 0 Å². The zero-order chi connectivity index (χ0) is 36.4. The molecule has 1 fully saturated rings. The predicted molar refractivity (Wildman–Crippen MR) is 226 cm³/mol. The topological polar surface area (TPSA) is 6.48 Å². The minimum Gasteiger partial charge on any atom is -0.362 e. The third-order valence-electron chi connectivity index (χ3n) is 15.8. The maximum atomic E-state index is 2.93. The molecule has 54 heavy (non-hydrogen) atoms. The highest BCUT2D eigenvalue weighted by Gasteiger charge is 2.58. The highest BCUT2D eigenvalue weighted by atomic mass is 15.2. The fourth-order valence-electron chi connectivity index (χ4n) is 13.1. The fraction of sp³-hybridized carbons (Fsp3) is 0.500. The Morgan fingerprint density at radius 3 is 2.43 bits per heavy atom. The van der Waals surface area contributed by atoms with Crippen LogP contribution in [0.5, 0.6) is 0 Å². The Labute approximate surface area is 326 Å². The Kier molecular flexibility index (Phi) is 8.84. The molecule has 280 valence electrons. The van der Waals surface area contributed by atoms with Gasteiger partial charge in [0.05, 0.1) is 6.04 Å². The van der Waals surface area contributed by atoms with Crippen molar-refractivity contribution in [1.82, 2.24) is 9.80 Å². The Hall–Kier alpha value is -3.78. The Morgan fingerprint density at radius 2 is 1.63 bits per heavy atom. The number of hydrogen-bond donors (Lipinski definition) is 0. The highest BCUT2D eigenvalue weighted by molar-refractivity contribution is 5.46. The van der Waals surface area contributed by atoms with Gasteiger partial charge in [0.1, 0.15) is 0 Å². The largest absolute Gasteiger partial charge is 0.362 e. The first kappa shape index (κ1) is 34.7. The normalized spacial score (nSPS) is 38.6. The van der Waals surface area contributed by atoms with Crippen molar-refractivity contribution in [2.45, 2.75) is 122 Å². The summed E-state index contributed by atoms with van der Waals surface area (Å²) in [7, 11) is 0. The molecule has 0 amide bonds. The van der Waals surface area contributed by atoms with E-state index >= 15 is 0 Å². The lowest BCUT2D eigenvalue weighted by atomic mass is 9.66. The van der Waals surface area contributed by atoms with Gasteiger partial charge in [-0.3, -0.25) is 0 Å². The van der Waals surface area contributed by atoms with Gasteiger partial charge in [0.2, 0.25) is 0 Å². The van der Waals surface area contributed by atoms with Crippen molar-refractivity contribution < 1.29 is 0 Å². The average molecular weight is 715 g/mol. The van der Waals surface area contributed by atoms with Gasteiger partial charge in [-0.15, -0.1) is 0 Å². The predicted octanol–water partition coefficient (Wildman–Crippen LogP) is 12.7. The van der Waals surface area contributed by atoms with Crippen molar-refractivity contribution in [3.05, 3.63) is 155 Å². The molecule has 0 aromatic rings. The number of fused-ring (bicyclic) bond motifs is 5. The molecule has 0 aromatic heterocycles. The quantitative estimate of drug-likeness (QED) is 0.253. The van der Waals surface area contributed by atoms with E-state index in [0.717, 1.165) is 19.3 Å². The van der Waals surface area contributed by atoms with Crippen molar-refractivity contribution in [2.75, 3.05) is 0 Å². The summed E-state index contributed by atoms with van der Waals surface area (Å²) in [4.78, 5) is 5.62. The molecule has 10 aliphatic rings. The van der Waals surface area contributed by atoms with E-state index in [9.17, 15) is 0 Å². The molecule has 9 aliphatic carbocycles. The van der Waals surface area contributed by atoms with E-state index in [4.69, 9.17) is 0 Å². The summed E-state index contributed by atoms with van der Waals surface area (Å²) in [6.45, 7) is 7.64. The summed E-state index contributed by atoms with van der Waals surface area (Å²) in [5, 5.41) is 0. The Morgan fingerprint density at radius 1 is 0.722 bits per heavy atom. The standard InChI is InChI=1S/C52H62N2/c1-51(2)47-35-43(30-31-46(47)52(3)33-13-12-20-50(51)52)53(41-26-21-37(22-27-41)36-14-6-4-7-15-36)42-28-23-38(24-29-42)39-25-32-49-45(34-39)44-18-10-11-19-48(44)54(49)40-16-8-5-9-17-40/h4,6,8,11-14,16-17,19-21,23,25,28-29,32-33,35,38-39,41,43,45-46,49-50H,5,7,9-10,15,18,22,24,26-27,30-31,34H2,1-3H3. The third-order valence-corrected chi connectivity index (χ3v) is 15.8. The van der Waals surface area contributed by atoms with Crippen molar-refractivity contribution in [3.8, 4) is 0 Å². The number of allylic oxidation sites excluding steroid dienone is 19. The molecule has 0 N–H and O–H groups in total. The van der Waals surface area contributed by atoms with Crippen LogP contribution in [0.25, 0.3) is 0 Å². The van der Waals surface area contributed by atoms with E-state index in [1.165, 1.54) is 81.3 Å². The molecule has 0 radical (unpaired) electrons. The summed E-state index contributed by atoms with van der Waals surface area (Å²) in [6, 6.07) is 1.49. The lowest BCUT2D eigenvalue weighted by Crippen LogP contribution is -2.44. The van der Waals surface area contributed by atoms with E-state index in [2.05, 4.69) is 146 Å². The van der Waals surface area contributed by atoms with Gasteiger partial charge in [-0.25, -0.2) is 0 Å². The fourth-order valence-corrected chi connectivity index (χ4v) is 13.1. The van der Waals surface area contributed by atoms with Gasteiger partial charge in [0.15, 0.2) is 0 Å². The van der Waals surface area contributed by atoms with E-state index in [1.807, 2.05) is 0 Å². The zero-order valence-electron chi connectivity index (χ0n) is 33.2. The summed E-state index contributed by atoms with van der Waals surface area (Å²) < 4.78 is 0. The monoisotopic (exact) mass is 714 g/mol. The maximum absolute atomic E-state index is 2.93. The third kappa shape index (κ3) is 5.71. The van der Waals surface area contributed by atoms with Gasteiger partial charge >= 0.3 is 0 Å². The molecule has 0 spiro atoms. The molecule has 2 nitrogen and oxygen atoms in total. The summed E-state index contributed by atoms with van der Waals surface area (Å²) >= 11 is 0. The van der Waals surface area contributed by atoms with Gasteiger partial charge in [-0.05, 0) is 153 Å². The van der Waals surface area contributed by atoms with Crippen molar-refractivity contribution >= 4 is 0 Å². The Bertz CT molecular complexity index is 1960. The van der Waals surface area contributed by atoms with Gasteiger partial charge in [0, 0.05) is 35.1 Å². The highest BCUT2D eigenvalue weighted by Crippen LogP contribution is 2.65. The molecule has 1 aliphatic heterocycles. The second-order valence-electron chi connectivity index (χ2n) is 19.0. The summed E-state index contributed by atoms with van der Waals surface area (Å²) in [5.41, 5.74) is 11.5. The molecule has 2 heteroatoms. The van der Waals surface area contributed by atoms with Crippen LogP contribution in [0.2, 0.25) is 0 Å². The van der Waals surface area contributed by atoms with Gasteiger partial charge in [0.25, 0.3) is 0 Å². The van der Waals surface area contributed by atoms with E-state index < -0.39 is 0 Å². The number of hydrogen-bond acceptors (Lipinski definition) is 2. The van der Waals surface area contributed by atoms with Crippen LogP contribution in [-0.4, -0.2) is 27.9 Å². The zero-order valence-corrected chi connectivity index (χ0v) is 33.2. The second-order valence-corrected chi connectivity index (χ2v) is 19.0. The van der Waals surface area contributed by atoms with Crippen LogP contribution in [-0.2, 0) is 0 Å². The van der Waals surface area contributed by atoms with Gasteiger partial charge in [-0.2, -0.15) is 0 Å². The van der Waals surface area contributed by atoms with Crippen LogP contribution < -0.4 is 0 Å². The molecule has 0 aromatic carbocycles. The number of nitrogens with zero attached hydrogens (tertiary/aromatic N) is 2. The molecular weight excluding hydrogens is 653 g/mol. The van der Waals surface area contributed by atoms with E-state index in [0.29, 0.717) is 47.7 Å². The van der Waals surface area contributed by atoms with Crippen LogP contribution in [0.1, 0.15) is 104 Å². The minimum absolute atomic E-state index is 0.182. The van der Waals surface area contributed by atoms with Crippen molar-refractivity contribution in [1.29, 1.82) is 0 Å². The molecule has 0 saturated heterocycles. The van der Waals surface area contributed by atoms with Crippen molar-refractivity contribution in [3.63, 3.8) is 0 Å². The number of rotatable bonds is 6. The summed E-state index contributed by atoms with van der Waals surface area (Å²) in [6.07, 6.45) is 63.0. The average Bonchev–Trinajstić information content (AvgIpc) is 3.64. The molecule has 1 heterocycles. The van der Waals surface area contributed by atoms with Crippen LogP contribution in [0, 0.1) is 40.4 Å². The molecule has 9 atom stereocenters. The van der Waals surface area contributed by atoms with Crippen LogP contribution >= 0.6 is 0 Å². The SMILES string of the molecule is CC1(C)C2=CC(N(C3=CCC(C4C=CC5C(C4)C4=C(C=CCC4)N5C4=CCCC=C4)C=C3)C3CC=C(C4=CC=CCC4)CC3)CCC2C2(C)C=CC=CC12. The smallest absolute Gasteiger partial charge is 0.0588 e. The minimum atomic E-state index is 0.182. The molecule has 9 unspecified atom stereocenters. The summed E-state index contributed by atoms with van der Waals surface area (Å²) in [5.74, 6) is 3.04. The maximum Gasteiger partial charge on any atom is 0.0588 e. The van der Waals surface area contributed by atoms with Gasteiger partial charge in [-0.1, -0.05) is 124 Å². The Balaban J connectivity index is 0.923. The first-order chi connectivity index (χ1) is 26.4. The van der Waals surface area contributed by atoms with Crippen molar-refractivity contribution in [2.24, 2.45) is 40.4 Å². The molecule has 0 bridgehead atoms. The van der Waals surface area contributed by atoms with E-state index in [1.54, 1.807) is 22.3 Å². The van der Waals surface area contributed by atoms with Crippen LogP contribution in [0.3, 0.4) is 0 Å². The first-order valence-corrected chi connectivity index (χ1v) is 21.9.